The van der Waals surface area contributed by atoms with Gasteiger partial charge in [0.15, 0.2) is 0 Å². The van der Waals surface area contributed by atoms with Crippen LogP contribution in [0.15, 0.2) is 54.6 Å². The van der Waals surface area contributed by atoms with Gasteiger partial charge in [0.1, 0.15) is 17.5 Å². The van der Waals surface area contributed by atoms with E-state index in [9.17, 15) is 10.1 Å². The average Bonchev–Trinajstić information content (AvgIpc) is 2.68. The lowest BCUT2D eigenvalue weighted by Gasteiger charge is -2.17. The first kappa shape index (κ1) is 18.4. The number of rotatable bonds is 4. The minimum absolute atomic E-state index is 0.0503. The number of nitrogen functional groups attached to an aromatic ring is 1. The molecule has 3 aromatic rings. The molecule has 27 heavy (non-hydrogen) atoms. The molecule has 2 N–H and O–H groups in total. The van der Waals surface area contributed by atoms with Crippen LogP contribution in [0.5, 0.6) is 0 Å². The Balaban J connectivity index is 2.41. The van der Waals surface area contributed by atoms with Crippen molar-refractivity contribution in [1.29, 1.82) is 5.26 Å². The van der Waals surface area contributed by atoms with Crippen LogP contribution in [0, 0.1) is 11.3 Å². The van der Waals surface area contributed by atoms with Crippen LogP contribution in [0.3, 0.4) is 0 Å². The van der Waals surface area contributed by atoms with Crippen molar-refractivity contribution in [1.82, 2.24) is 4.98 Å². The van der Waals surface area contributed by atoms with Gasteiger partial charge in [-0.3, -0.25) is 0 Å². The molecule has 3 rings (SSSR count). The molecule has 0 saturated heterocycles. The molecule has 0 amide bonds. The van der Waals surface area contributed by atoms with Crippen LogP contribution >= 0.6 is 11.6 Å². The second-order valence-electron chi connectivity index (χ2n) is 5.68. The van der Waals surface area contributed by atoms with E-state index in [2.05, 4.69) is 11.1 Å². The van der Waals surface area contributed by atoms with Gasteiger partial charge in [-0.2, -0.15) is 5.26 Å². The standard InChI is InChI=1S/C21H16ClN3O2/c1-2-27-21(26)18-17(13-8-10-15(22)11-9-13)16(12-23)20(24)25-19(18)14-6-4-3-5-7-14/h3-11H,2H2,1H3,(H2,24,25). The maximum absolute atomic E-state index is 12.8. The van der Waals surface area contributed by atoms with Crippen LogP contribution in [0.25, 0.3) is 22.4 Å². The number of anilines is 1. The second-order valence-corrected chi connectivity index (χ2v) is 6.11. The second kappa shape index (κ2) is 7.90. The van der Waals surface area contributed by atoms with Crippen molar-refractivity contribution in [2.75, 3.05) is 12.3 Å². The number of aromatic nitrogens is 1. The van der Waals surface area contributed by atoms with E-state index < -0.39 is 5.97 Å². The molecule has 0 unspecified atom stereocenters. The van der Waals surface area contributed by atoms with Crippen LogP contribution in [0.1, 0.15) is 22.8 Å². The first-order valence-corrected chi connectivity index (χ1v) is 8.66. The number of hydrogen-bond donors (Lipinski definition) is 1. The van der Waals surface area contributed by atoms with Crippen LogP contribution in [0.4, 0.5) is 5.82 Å². The Bertz CT molecular complexity index is 1030. The fraction of sp³-hybridized carbons (Fsp3) is 0.0952. The summed E-state index contributed by atoms with van der Waals surface area (Å²) in [4.78, 5) is 17.2. The van der Waals surface area contributed by atoms with Gasteiger partial charge in [-0.05, 0) is 24.6 Å². The first-order chi connectivity index (χ1) is 13.1. The van der Waals surface area contributed by atoms with E-state index in [0.29, 0.717) is 27.4 Å². The predicted molar refractivity (Wildman–Crippen MR) is 105 cm³/mol. The van der Waals surface area contributed by atoms with Crippen LogP contribution in [0.2, 0.25) is 5.02 Å². The topological polar surface area (TPSA) is 89.0 Å². The Morgan fingerprint density at radius 2 is 1.81 bits per heavy atom. The van der Waals surface area contributed by atoms with Gasteiger partial charge in [-0.15, -0.1) is 0 Å². The third kappa shape index (κ3) is 3.62. The maximum Gasteiger partial charge on any atom is 0.341 e. The Morgan fingerprint density at radius 3 is 2.41 bits per heavy atom. The Kier molecular flexibility index (Phi) is 5.39. The highest BCUT2D eigenvalue weighted by Gasteiger charge is 2.26. The number of carbonyl (C=O) groups is 1. The van der Waals surface area contributed by atoms with E-state index in [1.165, 1.54) is 0 Å². The van der Waals surface area contributed by atoms with Crippen LogP contribution in [-0.2, 0) is 4.74 Å². The highest BCUT2D eigenvalue weighted by atomic mass is 35.5. The minimum atomic E-state index is -0.565. The Hall–Kier alpha value is -3.36. The van der Waals surface area contributed by atoms with E-state index in [4.69, 9.17) is 22.1 Å². The average molecular weight is 378 g/mol. The van der Waals surface area contributed by atoms with Gasteiger partial charge >= 0.3 is 5.97 Å². The summed E-state index contributed by atoms with van der Waals surface area (Å²) < 4.78 is 5.26. The van der Waals surface area contributed by atoms with Crippen molar-refractivity contribution >= 4 is 23.4 Å². The number of hydrogen-bond acceptors (Lipinski definition) is 5. The maximum atomic E-state index is 12.8. The van der Waals surface area contributed by atoms with E-state index >= 15 is 0 Å². The number of nitrogens with two attached hydrogens (primary N) is 1. The van der Waals surface area contributed by atoms with Crippen molar-refractivity contribution in [2.45, 2.75) is 6.92 Å². The molecule has 0 atom stereocenters. The fourth-order valence-electron chi connectivity index (χ4n) is 2.83. The number of carbonyl (C=O) groups excluding carboxylic acids is 1. The molecule has 0 aliphatic rings. The molecule has 2 aromatic carbocycles. The number of benzene rings is 2. The molecule has 5 nitrogen and oxygen atoms in total. The predicted octanol–water partition coefficient (Wildman–Crippen LogP) is 4.70. The zero-order chi connectivity index (χ0) is 19.4. The summed E-state index contributed by atoms with van der Waals surface area (Å²) in [6.45, 7) is 1.91. The number of ether oxygens (including phenoxy) is 1. The third-order valence-electron chi connectivity index (χ3n) is 4.00. The molecule has 0 fully saturated rings. The van der Waals surface area contributed by atoms with E-state index in [1.54, 1.807) is 31.2 Å². The summed E-state index contributed by atoms with van der Waals surface area (Å²) in [7, 11) is 0. The molecule has 6 heteroatoms. The SMILES string of the molecule is CCOC(=O)c1c(-c2ccccc2)nc(N)c(C#N)c1-c1ccc(Cl)cc1. The van der Waals surface area contributed by atoms with Crippen molar-refractivity contribution < 1.29 is 9.53 Å². The molecule has 1 heterocycles. The summed E-state index contributed by atoms with van der Waals surface area (Å²) >= 11 is 5.99. The molecular weight excluding hydrogens is 362 g/mol. The third-order valence-corrected chi connectivity index (χ3v) is 4.25. The molecular formula is C21H16ClN3O2. The summed E-state index contributed by atoms with van der Waals surface area (Å²) in [5, 5.41) is 10.2. The van der Waals surface area contributed by atoms with Crippen molar-refractivity contribution in [3.63, 3.8) is 0 Å². The lowest BCUT2D eigenvalue weighted by molar-refractivity contribution is 0.0528. The fourth-order valence-corrected chi connectivity index (χ4v) is 2.96. The highest BCUT2D eigenvalue weighted by Crippen LogP contribution is 2.37. The zero-order valence-electron chi connectivity index (χ0n) is 14.6. The first-order valence-electron chi connectivity index (χ1n) is 8.28. The van der Waals surface area contributed by atoms with Crippen molar-refractivity contribution in [3.8, 4) is 28.5 Å². The largest absolute Gasteiger partial charge is 0.462 e. The van der Waals surface area contributed by atoms with E-state index in [0.717, 1.165) is 0 Å². The normalized spacial score (nSPS) is 10.3. The summed E-state index contributed by atoms with van der Waals surface area (Å²) in [6, 6.07) is 18.1. The zero-order valence-corrected chi connectivity index (χ0v) is 15.3. The molecule has 0 aliphatic carbocycles. The number of pyridine rings is 1. The lowest BCUT2D eigenvalue weighted by Crippen LogP contribution is -2.13. The van der Waals surface area contributed by atoms with Gasteiger partial charge in [0.05, 0.1) is 17.9 Å². The number of halogens is 1. The monoisotopic (exact) mass is 377 g/mol. The Morgan fingerprint density at radius 1 is 1.15 bits per heavy atom. The molecule has 1 aromatic heterocycles. The molecule has 134 valence electrons. The van der Waals surface area contributed by atoms with Gasteiger partial charge in [0, 0.05) is 16.1 Å². The van der Waals surface area contributed by atoms with Gasteiger partial charge in [-0.1, -0.05) is 54.1 Å². The summed E-state index contributed by atoms with van der Waals surface area (Å²) in [6.07, 6.45) is 0. The van der Waals surface area contributed by atoms with Gasteiger partial charge in [0.2, 0.25) is 0 Å². The molecule has 0 saturated carbocycles. The van der Waals surface area contributed by atoms with Gasteiger partial charge < -0.3 is 10.5 Å². The van der Waals surface area contributed by atoms with E-state index in [-0.39, 0.29) is 23.6 Å². The van der Waals surface area contributed by atoms with Gasteiger partial charge in [-0.25, -0.2) is 9.78 Å². The van der Waals surface area contributed by atoms with Crippen molar-refractivity contribution in [3.05, 3.63) is 70.7 Å². The van der Waals surface area contributed by atoms with Crippen molar-refractivity contribution in [2.24, 2.45) is 0 Å². The van der Waals surface area contributed by atoms with E-state index in [1.807, 2.05) is 30.3 Å². The summed E-state index contributed by atoms with van der Waals surface area (Å²) in [5.41, 5.74) is 8.49. The number of nitrogens with zero attached hydrogens (tertiary/aromatic N) is 2. The summed E-state index contributed by atoms with van der Waals surface area (Å²) in [5.74, 6) is -0.514. The van der Waals surface area contributed by atoms with Crippen LogP contribution < -0.4 is 5.73 Å². The molecule has 0 aliphatic heterocycles. The Labute approximate surface area is 162 Å². The minimum Gasteiger partial charge on any atom is -0.462 e. The smallest absolute Gasteiger partial charge is 0.341 e. The molecule has 0 bridgehead atoms. The number of nitriles is 1. The molecule has 0 radical (unpaired) electrons. The number of esters is 1. The lowest BCUT2D eigenvalue weighted by atomic mass is 9.92. The quantitative estimate of drug-likeness (QED) is 0.665. The van der Waals surface area contributed by atoms with Gasteiger partial charge in [0.25, 0.3) is 0 Å². The molecule has 0 spiro atoms. The van der Waals surface area contributed by atoms with Crippen LogP contribution in [-0.4, -0.2) is 17.6 Å². The highest BCUT2D eigenvalue weighted by molar-refractivity contribution is 6.30.